The van der Waals surface area contributed by atoms with Crippen LogP contribution in [0.1, 0.15) is 19.3 Å². The van der Waals surface area contributed by atoms with Gasteiger partial charge in [-0.25, -0.2) is 8.42 Å². The van der Waals surface area contributed by atoms with Gasteiger partial charge in [0, 0.05) is 32.1 Å². The lowest BCUT2D eigenvalue weighted by Gasteiger charge is -2.26. The molecule has 1 heterocycles. The first-order valence-electron chi connectivity index (χ1n) is 7.62. The number of rotatable bonds is 5. The molecule has 23 heavy (non-hydrogen) atoms. The maximum atomic E-state index is 12.8. The van der Waals surface area contributed by atoms with Crippen molar-refractivity contribution in [2.24, 2.45) is 11.7 Å². The summed E-state index contributed by atoms with van der Waals surface area (Å²) in [5, 5.41) is 0. The highest BCUT2D eigenvalue weighted by Gasteiger charge is 2.38. The number of hydrogen-bond acceptors (Lipinski definition) is 5. The van der Waals surface area contributed by atoms with Gasteiger partial charge in [-0.3, -0.25) is 0 Å². The summed E-state index contributed by atoms with van der Waals surface area (Å²) in [4.78, 5) is 0.221. The second kappa shape index (κ2) is 7.25. The van der Waals surface area contributed by atoms with E-state index in [1.165, 1.54) is 4.31 Å². The largest absolute Gasteiger partial charge is 0.490 e. The molecule has 0 saturated heterocycles. The van der Waals surface area contributed by atoms with Crippen LogP contribution in [0.4, 0.5) is 0 Å². The van der Waals surface area contributed by atoms with E-state index in [1.54, 1.807) is 25.2 Å². The summed E-state index contributed by atoms with van der Waals surface area (Å²) in [6.07, 6.45) is 2.87. The van der Waals surface area contributed by atoms with Gasteiger partial charge in [0.2, 0.25) is 10.0 Å². The van der Waals surface area contributed by atoms with E-state index in [-0.39, 0.29) is 23.3 Å². The van der Waals surface area contributed by atoms with Gasteiger partial charge in [0.05, 0.1) is 18.1 Å². The van der Waals surface area contributed by atoms with E-state index in [9.17, 15) is 8.42 Å². The van der Waals surface area contributed by atoms with Crippen LogP contribution in [0.15, 0.2) is 23.1 Å². The molecule has 8 heteroatoms. The minimum atomic E-state index is -3.58. The van der Waals surface area contributed by atoms with Crippen molar-refractivity contribution in [2.45, 2.75) is 30.2 Å². The topological polar surface area (TPSA) is 81.9 Å². The Balaban J connectivity index is 0.00000192. The lowest BCUT2D eigenvalue weighted by atomic mass is 10.2. The van der Waals surface area contributed by atoms with Gasteiger partial charge in [-0.2, -0.15) is 4.31 Å². The summed E-state index contributed by atoms with van der Waals surface area (Å²) < 4.78 is 38.1. The molecule has 1 atom stereocenters. The number of hydrogen-bond donors (Lipinski definition) is 1. The molecule has 1 aromatic rings. The fourth-order valence-corrected chi connectivity index (χ4v) is 4.21. The van der Waals surface area contributed by atoms with Crippen molar-refractivity contribution in [3.05, 3.63) is 18.2 Å². The smallest absolute Gasteiger partial charge is 0.243 e. The standard InChI is InChI=1S/C15H22N2O4S.ClH/c1-17(13(10-16)11-3-4-11)22(18,19)12-5-6-14-15(9-12)21-8-2-7-20-14;/h5-6,9,11,13H,2-4,7-8,10,16H2,1H3;1H. The normalized spacial score (nSPS) is 18.9. The molecule has 1 aliphatic carbocycles. The third kappa shape index (κ3) is 3.74. The number of likely N-dealkylation sites (N-methyl/N-ethyl adjacent to an activating group) is 1. The highest BCUT2D eigenvalue weighted by molar-refractivity contribution is 7.89. The molecule has 1 aromatic carbocycles. The number of nitrogens with zero attached hydrogens (tertiary/aromatic N) is 1. The van der Waals surface area contributed by atoms with Crippen LogP contribution in [0.3, 0.4) is 0 Å². The van der Waals surface area contributed by atoms with Gasteiger partial charge in [0.25, 0.3) is 0 Å². The number of benzene rings is 1. The molecule has 0 amide bonds. The van der Waals surface area contributed by atoms with Crippen LogP contribution in [0.5, 0.6) is 11.5 Å². The van der Waals surface area contributed by atoms with Gasteiger partial charge in [-0.05, 0) is 30.9 Å². The molecule has 130 valence electrons. The summed E-state index contributed by atoms with van der Waals surface area (Å²) in [6, 6.07) is 4.64. The zero-order valence-corrected chi connectivity index (χ0v) is 14.7. The van der Waals surface area contributed by atoms with Crippen LogP contribution in [0, 0.1) is 5.92 Å². The van der Waals surface area contributed by atoms with E-state index in [0.717, 1.165) is 19.3 Å². The van der Waals surface area contributed by atoms with Crippen LogP contribution in [-0.2, 0) is 10.0 Å². The number of sulfonamides is 1. The van der Waals surface area contributed by atoms with Gasteiger partial charge in [0.1, 0.15) is 0 Å². The molecule has 0 spiro atoms. The Labute approximate surface area is 143 Å². The molecule has 2 aliphatic rings. The predicted molar refractivity (Wildman–Crippen MR) is 89.8 cm³/mol. The molecule has 3 rings (SSSR count). The molecule has 1 aliphatic heterocycles. The van der Waals surface area contributed by atoms with Crippen molar-refractivity contribution >= 4 is 22.4 Å². The first kappa shape index (κ1) is 18.3. The summed E-state index contributed by atoms with van der Waals surface area (Å²) in [5.74, 6) is 1.46. The van der Waals surface area contributed by atoms with Crippen LogP contribution in [0.2, 0.25) is 0 Å². The predicted octanol–water partition coefficient (Wildman–Crippen LogP) is 1.63. The second-order valence-corrected chi connectivity index (χ2v) is 7.82. The Morgan fingerprint density at radius 1 is 1.26 bits per heavy atom. The molecular formula is C15H23ClN2O4S. The summed E-state index contributed by atoms with van der Waals surface area (Å²) in [5.41, 5.74) is 5.77. The Morgan fingerprint density at radius 3 is 2.52 bits per heavy atom. The maximum absolute atomic E-state index is 12.8. The molecule has 2 N–H and O–H groups in total. The van der Waals surface area contributed by atoms with Crippen molar-refractivity contribution in [3.63, 3.8) is 0 Å². The Hall–Kier alpha value is -1.02. The minimum Gasteiger partial charge on any atom is -0.490 e. The molecule has 1 unspecified atom stereocenters. The fourth-order valence-electron chi connectivity index (χ4n) is 2.77. The third-order valence-corrected chi connectivity index (χ3v) is 6.15. The van der Waals surface area contributed by atoms with Gasteiger partial charge >= 0.3 is 0 Å². The number of nitrogens with two attached hydrogens (primary N) is 1. The minimum absolute atomic E-state index is 0. The van der Waals surface area contributed by atoms with Crippen molar-refractivity contribution in [1.29, 1.82) is 0 Å². The van der Waals surface area contributed by atoms with E-state index in [4.69, 9.17) is 15.2 Å². The Morgan fingerprint density at radius 2 is 1.91 bits per heavy atom. The average molecular weight is 363 g/mol. The van der Waals surface area contributed by atoms with Crippen LogP contribution in [0.25, 0.3) is 0 Å². The molecule has 6 nitrogen and oxygen atoms in total. The second-order valence-electron chi connectivity index (χ2n) is 5.82. The lowest BCUT2D eigenvalue weighted by molar-refractivity contribution is 0.296. The van der Waals surface area contributed by atoms with Gasteiger partial charge in [0.15, 0.2) is 11.5 Å². The Bertz CT molecular complexity index is 649. The number of fused-ring (bicyclic) bond motifs is 1. The molecule has 1 saturated carbocycles. The first-order valence-corrected chi connectivity index (χ1v) is 9.06. The molecular weight excluding hydrogens is 340 g/mol. The van der Waals surface area contributed by atoms with Crippen molar-refractivity contribution in [3.8, 4) is 11.5 Å². The van der Waals surface area contributed by atoms with E-state index in [2.05, 4.69) is 0 Å². The van der Waals surface area contributed by atoms with E-state index in [0.29, 0.717) is 37.2 Å². The van der Waals surface area contributed by atoms with Gasteiger partial charge in [-0.1, -0.05) is 0 Å². The van der Waals surface area contributed by atoms with E-state index < -0.39 is 10.0 Å². The third-order valence-electron chi connectivity index (χ3n) is 4.27. The van der Waals surface area contributed by atoms with Crippen LogP contribution >= 0.6 is 12.4 Å². The first-order chi connectivity index (χ1) is 10.5. The highest BCUT2D eigenvalue weighted by Crippen LogP contribution is 2.37. The van der Waals surface area contributed by atoms with Crippen molar-refractivity contribution in [1.82, 2.24) is 4.31 Å². The summed E-state index contributed by atoms with van der Waals surface area (Å²) in [6.45, 7) is 1.45. The lowest BCUT2D eigenvalue weighted by Crippen LogP contribution is -2.43. The van der Waals surface area contributed by atoms with E-state index in [1.807, 2.05) is 0 Å². The maximum Gasteiger partial charge on any atom is 0.243 e. The quantitative estimate of drug-likeness (QED) is 0.860. The zero-order valence-electron chi connectivity index (χ0n) is 13.1. The van der Waals surface area contributed by atoms with Crippen molar-refractivity contribution < 1.29 is 17.9 Å². The SMILES string of the molecule is CN(C(CN)C1CC1)S(=O)(=O)c1ccc2c(c1)OCCCO2.Cl. The average Bonchev–Trinajstić information content (AvgIpc) is 3.33. The number of halogens is 1. The number of ether oxygens (including phenoxy) is 2. The molecule has 0 radical (unpaired) electrons. The molecule has 1 fully saturated rings. The van der Waals surface area contributed by atoms with Crippen molar-refractivity contribution in [2.75, 3.05) is 26.8 Å². The van der Waals surface area contributed by atoms with Crippen LogP contribution in [-0.4, -0.2) is 45.6 Å². The molecule has 0 aromatic heterocycles. The highest BCUT2D eigenvalue weighted by atomic mass is 35.5. The monoisotopic (exact) mass is 362 g/mol. The van der Waals surface area contributed by atoms with Crippen LogP contribution < -0.4 is 15.2 Å². The zero-order chi connectivity index (χ0) is 15.7. The van der Waals surface area contributed by atoms with Gasteiger partial charge < -0.3 is 15.2 Å². The van der Waals surface area contributed by atoms with Gasteiger partial charge in [-0.15, -0.1) is 12.4 Å². The fraction of sp³-hybridized carbons (Fsp3) is 0.600. The van der Waals surface area contributed by atoms with E-state index >= 15 is 0 Å². The summed E-state index contributed by atoms with van der Waals surface area (Å²) in [7, 11) is -1.98. The summed E-state index contributed by atoms with van der Waals surface area (Å²) >= 11 is 0. The Kier molecular flexibility index (Phi) is 5.78. The molecule has 0 bridgehead atoms.